The fraction of sp³-hybridized carbons (Fsp3) is 0. The smallest absolute Gasteiger partial charge is 0.545 e. The van der Waals surface area contributed by atoms with E-state index >= 15 is 0 Å². The van der Waals surface area contributed by atoms with E-state index in [0.717, 1.165) is 24.3 Å². The van der Waals surface area contributed by atoms with Gasteiger partial charge in [-0.1, -0.05) is 24.3 Å². The summed E-state index contributed by atoms with van der Waals surface area (Å²) in [5.74, 6) is -2.67. The molecule has 0 aliphatic carbocycles. The number of nitrogens with one attached hydrogen (secondary N) is 6. The van der Waals surface area contributed by atoms with Gasteiger partial charge in [-0.2, -0.15) is 0 Å². The molecule has 1 radical (unpaired) electrons. The summed E-state index contributed by atoms with van der Waals surface area (Å²) in [6, 6.07) is 4.61. The zero-order chi connectivity index (χ0) is 30.4. The van der Waals surface area contributed by atoms with Crippen LogP contribution in [0.5, 0.6) is 0 Å². The number of nitrogens with zero attached hydrogens (tertiary/aromatic N) is 6. The van der Waals surface area contributed by atoms with Crippen LogP contribution < -0.4 is 10.2 Å². The molecule has 0 saturated carbocycles. The molecule has 0 atom stereocenters. The molecule has 0 aliphatic rings. The fourth-order valence-electron chi connectivity index (χ4n) is 2.03. The van der Waals surface area contributed by atoms with Crippen molar-refractivity contribution in [2.45, 2.75) is 0 Å². The second-order valence-electron chi connectivity index (χ2n) is 6.72. The SMILES string of the molecule is O.O.O.O.O=C([O-])c1ccc(C(=O)[O-])cc1.[Co+2].c1c[nH]cn1.c1c[nH]cn1.c1c[nH]cn1.c1c[nH]cn1.c1c[nH]cn1.c1c[nH]cn1. The topological polar surface area (TPSA) is 378 Å². The Morgan fingerprint density at radius 1 is 0.404 bits per heavy atom. The summed E-state index contributed by atoms with van der Waals surface area (Å²) in [7, 11) is 0. The molecule has 257 valence electrons. The molecular weight excluding hydrogens is 667 g/mol. The number of carboxylic acid groups (broad SMARTS) is 2. The largest absolute Gasteiger partial charge is 2.00 e. The van der Waals surface area contributed by atoms with Crippen LogP contribution in [-0.4, -0.2) is 93.7 Å². The molecule has 7 aromatic rings. The number of hydrogen-bond donors (Lipinski definition) is 6. The normalized spacial score (nSPS) is 7.49. The number of carboxylic acids is 2. The van der Waals surface area contributed by atoms with Crippen LogP contribution in [0.25, 0.3) is 0 Å². The first-order valence-corrected chi connectivity index (χ1v) is 11.7. The first-order valence-electron chi connectivity index (χ1n) is 11.7. The van der Waals surface area contributed by atoms with E-state index < -0.39 is 11.9 Å². The van der Waals surface area contributed by atoms with Gasteiger partial charge in [0.25, 0.3) is 0 Å². The number of hydrogen-bond acceptors (Lipinski definition) is 10. The molecule has 7 rings (SSSR count). The van der Waals surface area contributed by atoms with E-state index in [1.165, 1.54) is 0 Å². The van der Waals surface area contributed by atoms with Crippen LogP contribution in [0.15, 0.2) is 137 Å². The fourth-order valence-corrected chi connectivity index (χ4v) is 2.03. The van der Waals surface area contributed by atoms with Crippen molar-refractivity contribution in [2.75, 3.05) is 0 Å². The average Bonchev–Trinajstić information content (AvgIpc) is 3.92. The Balaban J connectivity index is -0.000000148. The number of carbonyl (C=O) groups excluding carboxylic acids is 2. The number of carbonyl (C=O) groups is 2. The van der Waals surface area contributed by atoms with Gasteiger partial charge in [0.1, 0.15) is 0 Å². The summed E-state index contributed by atoms with van der Waals surface area (Å²) in [6.07, 6.45) is 30.5. The Morgan fingerprint density at radius 2 is 0.574 bits per heavy atom. The van der Waals surface area contributed by atoms with Gasteiger partial charge in [0, 0.05) is 74.4 Å². The second-order valence-corrected chi connectivity index (χ2v) is 6.72. The zero-order valence-corrected chi connectivity index (χ0v) is 25.4. The van der Waals surface area contributed by atoms with Gasteiger partial charge in [-0.05, 0) is 11.1 Å². The van der Waals surface area contributed by atoms with Gasteiger partial charge in [0.2, 0.25) is 0 Å². The molecule has 0 unspecified atom stereocenters. The zero-order valence-electron chi connectivity index (χ0n) is 24.4. The van der Waals surface area contributed by atoms with Gasteiger partial charge in [-0.3, -0.25) is 0 Å². The Kier molecular flexibility index (Phi) is 40.5. The number of imidazole rings is 6. The Labute approximate surface area is 277 Å². The first-order chi connectivity index (χ1) is 20.6. The van der Waals surface area contributed by atoms with E-state index in [-0.39, 0.29) is 49.8 Å². The molecule has 0 bridgehead atoms. The number of H-pyrrole nitrogens is 6. The van der Waals surface area contributed by atoms with Crippen LogP contribution in [0.4, 0.5) is 0 Å². The molecule has 6 aromatic heterocycles. The summed E-state index contributed by atoms with van der Waals surface area (Å²) in [5, 5.41) is 20.4. The predicted octanol–water partition coefficient (Wildman–Crippen LogP) is -2.43. The van der Waals surface area contributed by atoms with E-state index in [9.17, 15) is 19.8 Å². The van der Waals surface area contributed by atoms with Crippen molar-refractivity contribution in [3.63, 3.8) is 0 Å². The van der Waals surface area contributed by atoms with Crippen molar-refractivity contribution in [3.05, 3.63) is 148 Å². The third kappa shape index (κ3) is 32.5. The van der Waals surface area contributed by atoms with Crippen LogP contribution in [0.3, 0.4) is 0 Å². The average molecular weight is 704 g/mol. The van der Waals surface area contributed by atoms with Crippen molar-refractivity contribution in [3.8, 4) is 0 Å². The molecule has 1 aromatic carbocycles. The second kappa shape index (κ2) is 37.8. The molecule has 0 aliphatic heterocycles. The van der Waals surface area contributed by atoms with Gasteiger partial charge in [0.15, 0.2) is 0 Å². The van der Waals surface area contributed by atoms with Gasteiger partial charge < -0.3 is 71.6 Å². The van der Waals surface area contributed by atoms with Gasteiger partial charge in [-0.25, -0.2) is 29.9 Å². The van der Waals surface area contributed by atoms with Crippen molar-refractivity contribution in [2.24, 2.45) is 0 Å². The molecule has 47 heavy (non-hydrogen) atoms. The maximum atomic E-state index is 10.2. The molecule has 21 heteroatoms. The molecule has 0 amide bonds. The minimum Gasteiger partial charge on any atom is -0.545 e. The number of aromatic amines is 6. The number of rotatable bonds is 2. The van der Waals surface area contributed by atoms with Crippen molar-refractivity contribution in [1.29, 1.82) is 0 Å². The van der Waals surface area contributed by atoms with E-state index in [1.54, 1.807) is 112 Å². The van der Waals surface area contributed by atoms with Crippen LogP contribution in [-0.2, 0) is 16.8 Å². The molecular formula is C26H36CoN12O8. The summed E-state index contributed by atoms with van der Waals surface area (Å²) in [4.78, 5) is 58.9. The van der Waals surface area contributed by atoms with Gasteiger partial charge >= 0.3 is 16.8 Å². The third-order valence-corrected chi connectivity index (χ3v) is 3.79. The monoisotopic (exact) mass is 703 g/mol. The Bertz CT molecular complexity index is 1080. The van der Waals surface area contributed by atoms with E-state index in [2.05, 4.69) is 59.8 Å². The quantitative estimate of drug-likeness (QED) is 0.111. The standard InChI is InChI=1S/C8H6O4.6C3H4N2.Co.4H2O/c9-7(10)5-1-2-6(4-3-5)8(11)12;6*1-2-5-3-4-1;;;;;/h1-4H,(H,9,10)(H,11,12);6*1-3H,(H,4,5);;4*1H2/q;;;;;;;+2;;;;/p-2. The van der Waals surface area contributed by atoms with Crippen molar-refractivity contribution >= 4 is 11.9 Å². The Morgan fingerprint density at radius 3 is 0.638 bits per heavy atom. The maximum absolute atomic E-state index is 10.2. The third-order valence-electron chi connectivity index (χ3n) is 3.79. The van der Waals surface area contributed by atoms with E-state index in [0.29, 0.717) is 0 Å². The molecule has 0 saturated heterocycles. The first kappa shape index (κ1) is 50.4. The summed E-state index contributed by atoms with van der Waals surface area (Å²) < 4.78 is 0. The predicted molar refractivity (Wildman–Crippen MR) is 161 cm³/mol. The number of aromatic nitrogens is 12. The van der Waals surface area contributed by atoms with Crippen molar-refractivity contribution in [1.82, 2.24) is 59.8 Å². The van der Waals surface area contributed by atoms with Crippen LogP contribution in [0, 0.1) is 0 Å². The summed E-state index contributed by atoms with van der Waals surface area (Å²) >= 11 is 0. The van der Waals surface area contributed by atoms with Crippen LogP contribution in [0.1, 0.15) is 20.7 Å². The summed E-state index contributed by atoms with van der Waals surface area (Å²) in [5.41, 5.74) is -0.111. The number of benzene rings is 1. The molecule has 0 spiro atoms. The molecule has 0 fully saturated rings. The van der Waals surface area contributed by atoms with Gasteiger partial charge in [0.05, 0.1) is 49.9 Å². The van der Waals surface area contributed by atoms with Crippen molar-refractivity contribution < 1.29 is 58.5 Å². The minimum absolute atomic E-state index is 0. The maximum Gasteiger partial charge on any atom is 2.00 e. The Hall–Kier alpha value is -6.23. The van der Waals surface area contributed by atoms with Crippen LogP contribution in [0.2, 0.25) is 0 Å². The molecule has 6 heterocycles. The minimum atomic E-state index is -1.33. The van der Waals surface area contributed by atoms with Gasteiger partial charge in [-0.15, -0.1) is 0 Å². The van der Waals surface area contributed by atoms with E-state index in [4.69, 9.17) is 0 Å². The van der Waals surface area contributed by atoms with Crippen LogP contribution >= 0.6 is 0 Å². The number of aromatic carboxylic acids is 2. The molecule has 14 N–H and O–H groups in total. The summed E-state index contributed by atoms with van der Waals surface area (Å²) in [6.45, 7) is 0. The molecule has 20 nitrogen and oxygen atoms in total. The van der Waals surface area contributed by atoms with E-state index in [1.807, 2.05) is 0 Å².